The minimum absolute atomic E-state index is 0.141. The average molecular weight is 476 g/mol. The molecule has 5 rings (SSSR count). The Hall–Kier alpha value is -1.80. The first-order valence-electron chi connectivity index (χ1n) is 13.1. The molecule has 2 amide bonds. The van der Waals surface area contributed by atoms with Crippen molar-refractivity contribution in [2.24, 2.45) is 11.8 Å². The van der Waals surface area contributed by atoms with Crippen LogP contribution in [-0.2, 0) is 0 Å². The number of alkyl halides is 2. The number of piperazine rings is 1. The highest BCUT2D eigenvalue weighted by Crippen LogP contribution is 2.46. The molecule has 34 heavy (non-hydrogen) atoms. The van der Waals surface area contributed by atoms with Gasteiger partial charge < -0.3 is 10.2 Å². The van der Waals surface area contributed by atoms with Crippen molar-refractivity contribution in [1.82, 2.24) is 25.0 Å². The molecule has 8 heteroatoms. The Morgan fingerprint density at radius 1 is 1.12 bits per heavy atom. The van der Waals surface area contributed by atoms with E-state index in [1.165, 1.54) is 0 Å². The number of fused-ring (bicyclic) bond motifs is 1. The third-order valence-electron chi connectivity index (χ3n) is 8.82. The van der Waals surface area contributed by atoms with E-state index < -0.39 is 12.0 Å². The van der Waals surface area contributed by atoms with Crippen LogP contribution in [0.1, 0.15) is 57.6 Å². The lowest BCUT2D eigenvalue weighted by Gasteiger charge is -2.47. The number of hydrogen-bond donors (Lipinski definition) is 1. The number of halogens is 2. The van der Waals surface area contributed by atoms with Gasteiger partial charge in [-0.2, -0.15) is 0 Å². The van der Waals surface area contributed by atoms with Crippen molar-refractivity contribution in [3.05, 3.63) is 30.1 Å². The van der Waals surface area contributed by atoms with Crippen LogP contribution < -0.4 is 5.32 Å². The second-order valence-corrected chi connectivity index (χ2v) is 11.2. The summed E-state index contributed by atoms with van der Waals surface area (Å²) in [5, 5.41) is 2.83. The van der Waals surface area contributed by atoms with Gasteiger partial charge in [0.05, 0.1) is 0 Å². The number of likely N-dealkylation sites (tertiary alicyclic amines) is 1. The van der Waals surface area contributed by atoms with E-state index in [4.69, 9.17) is 0 Å². The summed E-state index contributed by atoms with van der Waals surface area (Å²) in [5.41, 5.74) is 1.13. The molecule has 0 bridgehead atoms. The Morgan fingerprint density at radius 2 is 1.82 bits per heavy atom. The SMILES string of the molecule is CC(C)N1CCN([C@H]2CCCC(F)(F)[C@@H]2NC(=O)N2C[C@H]3C[C@@H](c4ccccn4)C[C@H]3C2)CC1. The van der Waals surface area contributed by atoms with Crippen molar-refractivity contribution in [3.8, 4) is 0 Å². The lowest BCUT2D eigenvalue weighted by Crippen LogP contribution is -2.65. The predicted molar refractivity (Wildman–Crippen MR) is 128 cm³/mol. The zero-order valence-electron chi connectivity index (χ0n) is 20.5. The van der Waals surface area contributed by atoms with Crippen LogP contribution in [0.4, 0.5) is 13.6 Å². The van der Waals surface area contributed by atoms with E-state index in [0.29, 0.717) is 43.3 Å². The molecule has 2 saturated heterocycles. The molecular weight excluding hydrogens is 436 g/mol. The van der Waals surface area contributed by atoms with Crippen molar-refractivity contribution in [2.45, 2.75) is 75.9 Å². The van der Waals surface area contributed by atoms with Crippen molar-refractivity contribution >= 4 is 6.03 Å². The van der Waals surface area contributed by atoms with E-state index in [0.717, 1.165) is 51.1 Å². The third-order valence-corrected chi connectivity index (χ3v) is 8.82. The lowest BCUT2D eigenvalue weighted by atomic mass is 9.85. The van der Waals surface area contributed by atoms with Crippen LogP contribution in [-0.4, -0.2) is 89.0 Å². The van der Waals surface area contributed by atoms with Crippen molar-refractivity contribution < 1.29 is 13.6 Å². The van der Waals surface area contributed by atoms with Crippen LogP contribution in [0, 0.1) is 11.8 Å². The monoisotopic (exact) mass is 475 g/mol. The minimum Gasteiger partial charge on any atom is -0.328 e. The smallest absolute Gasteiger partial charge is 0.317 e. The van der Waals surface area contributed by atoms with Gasteiger partial charge in [0.15, 0.2) is 0 Å². The number of nitrogens with zero attached hydrogens (tertiary/aromatic N) is 4. The molecule has 0 spiro atoms. The highest BCUT2D eigenvalue weighted by Gasteiger charge is 2.51. The van der Waals surface area contributed by atoms with E-state index in [1.54, 1.807) is 4.90 Å². The van der Waals surface area contributed by atoms with E-state index in [2.05, 4.69) is 40.0 Å². The van der Waals surface area contributed by atoms with Gasteiger partial charge in [-0.15, -0.1) is 0 Å². The summed E-state index contributed by atoms with van der Waals surface area (Å²) < 4.78 is 30.2. The molecule has 6 nitrogen and oxygen atoms in total. The van der Waals surface area contributed by atoms with Gasteiger partial charge in [-0.25, -0.2) is 13.6 Å². The molecule has 2 aliphatic heterocycles. The summed E-state index contributed by atoms with van der Waals surface area (Å²) in [7, 11) is 0. The van der Waals surface area contributed by atoms with Gasteiger partial charge in [-0.05, 0) is 63.5 Å². The van der Waals surface area contributed by atoms with Crippen molar-refractivity contribution in [1.29, 1.82) is 0 Å². The molecule has 1 N–H and O–H groups in total. The normalized spacial score (nSPS) is 34.4. The van der Waals surface area contributed by atoms with Crippen molar-refractivity contribution in [2.75, 3.05) is 39.3 Å². The summed E-state index contributed by atoms with van der Waals surface area (Å²) in [5.74, 6) is -1.56. The van der Waals surface area contributed by atoms with E-state index in [1.807, 2.05) is 18.3 Å². The zero-order valence-corrected chi connectivity index (χ0v) is 20.5. The molecular formula is C26H39F2N5O. The maximum Gasteiger partial charge on any atom is 0.317 e. The van der Waals surface area contributed by atoms with E-state index >= 15 is 8.78 Å². The van der Waals surface area contributed by atoms with Crippen LogP contribution in [0.15, 0.2) is 24.4 Å². The number of nitrogens with one attached hydrogen (secondary N) is 1. The van der Waals surface area contributed by atoms with Gasteiger partial charge in [0.1, 0.15) is 6.04 Å². The maximum absolute atomic E-state index is 15.1. The van der Waals surface area contributed by atoms with E-state index in [-0.39, 0.29) is 18.5 Å². The minimum atomic E-state index is -2.87. The van der Waals surface area contributed by atoms with Crippen LogP contribution in [0.5, 0.6) is 0 Å². The number of pyridine rings is 1. The van der Waals surface area contributed by atoms with Crippen molar-refractivity contribution in [3.63, 3.8) is 0 Å². The molecule has 2 saturated carbocycles. The fraction of sp³-hybridized carbons (Fsp3) is 0.769. The van der Waals surface area contributed by atoms with Gasteiger partial charge in [0.25, 0.3) is 5.92 Å². The number of urea groups is 1. The molecule has 5 atom stereocenters. The number of aromatic nitrogens is 1. The predicted octanol–water partition coefficient (Wildman–Crippen LogP) is 3.80. The Morgan fingerprint density at radius 3 is 2.44 bits per heavy atom. The number of carbonyl (C=O) groups is 1. The number of hydrogen-bond acceptors (Lipinski definition) is 4. The number of carbonyl (C=O) groups excluding carboxylic acids is 1. The Balaban J connectivity index is 1.20. The van der Waals surface area contributed by atoms with Gasteiger partial charge in [0, 0.05) is 75.6 Å². The molecule has 4 aliphatic rings. The molecule has 2 aliphatic carbocycles. The highest BCUT2D eigenvalue weighted by atomic mass is 19.3. The average Bonchev–Trinajstić information content (AvgIpc) is 3.40. The Bertz CT molecular complexity index is 831. The largest absolute Gasteiger partial charge is 0.328 e. The number of amides is 2. The quantitative estimate of drug-likeness (QED) is 0.720. The molecule has 0 radical (unpaired) electrons. The lowest BCUT2D eigenvalue weighted by molar-refractivity contribution is -0.0971. The first-order chi connectivity index (χ1) is 16.3. The van der Waals surface area contributed by atoms with Crippen LogP contribution in [0.25, 0.3) is 0 Å². The first kappa shape index (κ1) is 23.9. The standard InChI is InChI=1S/C26H39F2N5O/c1-18(2)31-10-12-32(13-11-31)23-7-5-8-26(27,28)24(23)30-25(34)33-16-20-14-19(15-21(20)17-33)22-6-3-4-9-29-22/h3-4,6,9,18-21,23-24H,5,7-8,10-17H2,1-2H3,(H,30,34)/t19-,20-,21+,23-,24+/m0/s1. The first-order valence-corrected chi connectivity index (χ1v) is 13.1. The summed E-state index contributed by atoms with van der Waals surface area (Å²) in [6.07, 6.45) is 4.97. The third kappa shape index (κ3) is 4.81. The molecule has 0 unspecified atom stereocenters. The second-order valence-electron chi connectivity index (χ2n) is 11.2. The maximum atomic E-state index is 15.1. The van der Waals surface area contributed by atoms with Crippen LogP contribution in [0.2, 0.25) is 0 Å². The van der Waals surface area contributed by atoms with E-state index in [9.17, 15) is 4.79 Å². The molecule has 1 aromatic heterocycles. The molecule has 3 heterocycles. The Labute approximate surface area is 202 Å². The fourth-order valence-corrected chi connectivity index (χ4v) is 6.88. The zero-order chi connectivity index (χ0) is 23.9. The summed E-state index contributed by atoms with van der Waals surface area (Å²) in [6, 6.07) is 4.81. The van der Waals surface area contributed by atoms with Gasteiger partial charge in [0.2, 0.25) is 0 Å². The van der Waals surface area contributed by atoms with Gasteiger partial charge >= 0.3 is 6.03 Å². The van der Waals surface area contributed by atoms with Gasteiger partial charge in [-0.1, -0.05) is 6.07 Å². The molecule has 4 fully saturated rings. The molecule has 0 aromatic carbocycles. The highest BCUT2D eigenvalue weighted by molar-refractivity contribution is 5.75. The summed E-state index contributed by atoms with van der Waals surface area (Å²) in [4.78, 5) is 24.1. The molecule has 1 aromatic rings. The second kappa shape index (κ2) is 9.69. The van der Waals surface area contributed by atoms with Crippen LogP contribution >= 0.6 is 0 Å². The Kier molecular flexibility index (Phi) is 6.81. The number of rotatable bonds is 4. The molecule has 188 valence electrons. The fourth-order valence-electron chi connectivity index (χ4n) is 6.88. The topological polar surface area (TPSA) is 51.7 Å². The van der Waals surface area contributed by atoms with Gasteiger partial charge in [-0.3, -0.25) is 14.8 Å². The van der Waals surface area contributed by atoms with Crippen LogP contribution in [0.3, 0.4) is 0 Å². The summed E-state index contributed by atoms with van der Waals surface area (Å²) >= 11 is 0. The summed E-state index contributed by atoms with van der Waals surface area (Å²) in [6.45, 7) is 9.05.